The van der Waals surface area contributed by atoms with Gasteiger partial charge in [0.05, 0.1) is 29.9 Å². The number of fused-ring (bicyclic) bond motifs is 3. The van der Waals surface area contributed by atoms with Gasteiger partial charge in [-0.05, 0) is 79.6 Å². The Hall–Kier alpha value is -2.87. The monoisotopic (exact) mass is 472 g/mol. The van der Waals surface area contributed by atoms with Crippen molar-refractivity contribution < 1.29 is 0 Å². The van der Waals surface area contributed by atoms with Crippen LogP contribution in [0, 0.1) is 17.2 Å². The van der Waals surface area contributed by atoms with Gasteiger partial charge in [0, 0.05) is 23.2 Å². The van der Waals surface area contributed by atoms with Gasteiger partial charge in [-0.15, -0.1) is 0 Å². The molecule has 4 nitrogen and oxygen atoms in total. The number of anilines is 1. The summed E-state index contributed by atoms with van der Waals surface area (Å²) in [6, 6.07) is 16.7. The molecule has 0 radical (unpaired) electrons. The van der Waals surface area contributed by atoms with Gasteiger partial charge in [0.1, 0.15) is 5.84 Å². The number of benzene rings is 2. The summed E-state index contributed by atoms with van der Waals surface area (Å²) in [4.78, 5) is 7.45. The number of aliphatic imine (C=N–C) groups is 1. The zero-order valence-corrected chi connectivity index (χ0v) is 21.1. The highest BCUT2D eigenvalue weighted by Crippen LogP contribution is 2.40. The van der Waals surface area contributed by atoms with E-state index < -0.39 is 0 Å². The first-order valence-corrected chi connectivity index (χ1v) is 12.8. The average Bonchev–Trinajstić information content (AvgIpc) is 3.14. The van der Waals surface area contributed by atoms with E-state index >= 15 is 0 Å². The topological polar surface area (TPSA) is 51.4 Å². The molecule has 2 aromatic carbocycles. The highest BCUT2D eigenvalue weighted by Gasteiger charge is 2.31. The molecule has 0 aromatic heterocycles. The maximum absolute atomic E-state index is 9.24. The number of rotatable bonds is 2. The molecule has 5 rings (SSSR count). The van der Waals surface area contributed by atoms with Gasteiger partial charge >= 0.3 is 0 Å². The molecule has 0 amide bonds. The van der Waals surface area contributed by atoms with Gasteiger partial charge in [0.15, 0.2) is 0 Å². The lowest BCUT2D eigenvalue weighted by Crippen LogP contribution is -2.37. The second kappa shape index (κ2) is 11.0. The number of nitrogens with one attached hydrogen (secondary N) is 1. The van der Waals surface area contributed by atoms with E-state index in [2.05, 4.69) is 53.6 Å². The lowest BCUT2D eigenvalue weighted by molar-refractivity contribution is 0.551. The van der Waals surface area contributed by atoms with E-state index in [1.807, 2.05) is 38.1 Å². The van der Waals surface area contributed by atoms with Gasteiger partial charge in [-0.2, -0.15) is 5.26 Å². The van der Waals surface area contributed by atoms with Crippen molar-refractivity contribution in [1.29, 1.82) is 5.26 Å². The van der Waals surface area contributed by atoms with Crippen LogP contribution in [0.4, 0.5) is 5.69 Å². The van der Waals surface area contributed by atoms with Crippen LogP contribution in [0.1, 0.15) is 63.1 Å². The minimum absolute atomic E-state index is 0.268. The van der Waals surface area contributed by atoms with Crippen LogP contribution in [-0.2, 0) is 6.54 Å². The number of nitrogens with zero attached hydrogens (tertiary/aromatic N) is 3. The molecule has 1 aliphatic carbocycles. The summed E-state index contributed by atoms with van der Waals surface area (Å²) in [5.41, 5.74) is 7.01. The molecule has 5 heteroatoms. The molecule has 0 bridgehead atoms. The Morgan fingerprint density at radius 3 is 2.71 bits per heavy atom. The van der Waals surface area contributed by atoms with E-state index in [0.717, 1.165) is 55.2 Å². The minimum Gasteiger partial charge on any atom is -0.306 e. The van der Waals surface area contributed by atoms with Gasteiger partial charge in [-0.25, -0.2) is 0 Å². The first-order chi connectivity index (χ1) is 16.6. The van der Waals surface area contributed by atoms with Crippen LogP contribution in [0.2, 0.25) is 5.02 Å². The lowest BCUT2D eigenvalue weighted by Gasteiger charge is -2.34. The molecular weight excluding hydrogens is 440 g/mol. The zero-order valence-electron chi connectivity index (χ0n) is 20.3. The van der Waals surface area contributed by atoms with E-state index in [-0.39, 0.29) is 6.04 Å². The molecule has 3 aliphatic rings. The Kier molecular flexibility index (Phi) is 7.88. The summed E-state index contributed by atoms with van der Waals surface area (Å²) in [6.07, 6.45) is 8.82. The van der Waals surface area contributed by atoms with Crippen molar-refractivity contribution in [1.82, 2.24) is 5.32 Å². The smallest absolute Gasteiger partial charge is 0.122 e. The zero-order chi connectivity index (χ0) is 24.1. The SMILES string of the molecule is CC.CC1CC=C(C2CC=C(c3cccc(C#N)c3)CC2)N2C(=N1)CNCc1cc(Cl)ccc12. The van der Waals surface area contributed by atoms with Crippen molar-refractivity contribution in [3.05, 3.63) is 82.0 Å². The number of amidine groups is 1. The number of halogens is 1. The molecular formula is C29H33ClN4. The van der Waals surface area contributed by atoms with Gasteiger partial charge in [0.25, 0.3) is 0 Å². The average molecular weight is 473 g/mol. The molecule has 0 saturated heterocycles. The fourth-order valence-electron chi connectivity index (χ4n) is 5.02. The first kappa shape index (κ1) is 24.3. The maximum Gasteiger partial charge on any atom is 0.122 e. The number of allylic oxidation sites excluding steroid dienone is 3. The Morgan fingerprint density at radius 1 is 1.09 bits per heavy atom. The summed E-state index contributed by atoms with van der Waals surface area (Å²) in [5, 5.41) is 13.6. The van der Waals surface area contributed by atoms with E-state index in [1.54, 1.807) is 0 Å². The molecule has 0 spiro atoms. The highest BCUT2D eigenvalue weighted by atomic mass is 35.5. The van der Waals surface area contributed by atoms with E-state index in [0.29, 0.717) is 5.92 Å². The van der Waals surface area contributed by atoms with Gasteiger partial charge < -0.3 is 10.2 Å². The number of nitriles is 1. The molecule has 176 valence electrons. The molecule has 0 fully saturated rings. The summed E-state index contributed by atoms with van der Waals surface area (Å²) in [7, 11) is 0. The molecule has 2 unspecified atom stereocenters. The van der Waals surface area contributed by atoms with Crippen molar-refractivity contribution in [3.63, 3.8) is 0 Å². The van der Waals surface area contributed by atoms with Gasteiger partial charge in [0.2, 0.25) is 0 Å². The van der Waals surface area contributed by atoms with Crippen molar-refractivity contribution in [2.45, 2.75) is 59.0 Å². The second-order valence-electron chi connectivity index (χ2n) is 8.86. The fourth-order valence-corrected chi connectivity index (χ4v) is 5.22. The highest BCUT2D eigenvalue weighted by molar-refractivity contribution is 6.30. The molecule has 1 N–H and O–H groups in total. The largest absolute Gasteiger partial charge is 0.306 e. The quantitative estimate of drug-likeness (QED) is 0.506. The van der Waals surface area contributed by atoms with Gasteiger partial charge in [-0.3, -0.25) is 4.99 Å². The molecule has 0 saturated carbocycles. The fraction of sp³-hybridized carbons (Fsp3) is 0.379. The third-order valence-electron chi connectivity index (χ3n) is 6.63. The molecule has 2 atom stereocenters. The van der Waals surface area contributed by atoms with E-state index in [1.165, 1.54) is 28.1 Å². The third-order valence-corrected chi connectivity index (χ3v) is 6.86. The van der Waals surface area contributed by atoms with E-state index in [4.69, 9.17) is 16.6 Å². The number of hydrogen-bond acceptors (Lipinski definition) is 4. The standard InChI is InChI=1S/C27H27ClN4.C2H6/c1-18-5-11-25(21-8-6-20(7-9-21)22-4-2-3-19(13-22)15-29)32-26-12-10-24(28)14-23(26)16-30-17-27(32)31-18;1-2/h2-4,6,10-14,18,21,30H,5,7-9,16-17H2,1H3;1-2H3. The summed E-state index contributed by atoms with van der Waals surface area (Å²) < 4.78 is 0. The van der Waals surface area contributed by atoms with E-state index in [9.17, 15) is 5.26 Å². The van der Waals surface area contributed by atoms with Crippen LogP contribution >= 0.6 is 11.6 Å². The Labute approximate surface area is 208 Å². The van der Waals surface area contributed by atoms with Crippen LogP contribution < -0.4 is 10.2 Å². The predicted octanol–water partition coefficient (Wildman–Crippen LogP) is 7.11. The van der Waals surface area contributed by atoms with Gasteiger partial charge in [-0.1, -0.05) is 49.7 Å². The molecule has 2 heterocycles. The Morgan fingerprint density at radius 2 is 1.94 bits per heavy atom. The second-order valence-corrected chi connectivity index (χ2v) is 9.30. The van der Waals surface area contributed by atoms with Crippen LogP contribution in [0.3, 0.4) is 0 Å². The maximum atomic E-state index is 9.24. The predicted molar refractivity (Wildman–Crippen MR) is 143 cm³/mol. The summed E-state index contributed by atoms with van der Waals surface area (Å²) >= 11 is 6.32. The number of hydrogen-bond donors (Lipinski definition) is 1. The van der Waals surface area contributed by atoms with Crippen LogP contribution in [-0.4, -0.2) is 18.4 Å². The Balaban J connectivity index is 0.00000133. The first-order valence-electron chi connectivity index (χ1n) is 12.4. The molecule has 2 aromatic rings. The third kappa shape index (κ3) is 5.12. The van der Waals surface area contributed by atoms with Crippen molar-refractivity contribution in [2.24, 2.45) is 10.9 Å². The van der Waals surface area contributed by atoms with Crippen molar-refractivity contribution in [3.8, 4) is 6.07 Å². The van der Waals surface area contributed by atoms with Crippen LogP contribution in [0.25, 0.3) is 5.57 Å². The van der Waals surface area contributed by atoms with Crippen LogP contribution in [0.5, 0.6) is 0 Å². The normalized spacial score (nSPS) is 21.7. The summed E-state index contributed by atoms with van der Waals surface area (Å²) in [6.45, 7) is 7.74. The minimum atomic E-state index is 0.268. The Bertz CT molecular complexity index is 1170. The van der Waals surface area contributed by atoms with Crippen molar-refractivity contribution >= 4 is 28.7 Å². The lowest BCUT2D eigenvalue weighted by atomic mass is 9.83. The van der Waals surface area contributed by atoms with Crippen molar-refractivity contribution in [2.75, 3.05) is 11.4 Å². The molecule has 2 aliphatic heterocycles. The summed E-state index contributed by atoms with van der Waals surface area (Å²) in [5.74, 6) is 1.54. The van der Waals surface area contributed by atoms with Crippen LogP contribution in [0.15, 0.2) is 65.3 Å². The molecule has 34 heavy (non-hydrogen) atoms.